The summed E-state index contributed by atoms with van der Waals surface area (Å²) in [6, 6.07) is 14.5. The number of benzene rings is 2. The Labute approximate surface area is 117 Å². The fourth-order valence-electron chi connectivity index (χ4n) is 1.66. The molecule has 0 saturated heterocycles. The van der Waals surface area contributed by atoms with Gasteiger partial charge < -0.3 is 15.6 Å². The Balaban J connectivity index is 2.10. The summed E-state index contributed by atoms with van der Waals surface area (Å²) in [5.41, 5.74) is 6.77. The van der Waals surface area contributed by atoms with Gasteiger partial charge in [0.1, 0.15) is 6.61 Å². The Morgan fingerprint density at radius 1 is 1.20 bits per heavy atom. The van der Waals surface area contributed by atoms with Crippen LogP contribution >= 0.6 is 0 Å². The van der Waals surface area contributed by atoms with E-state index in [0.29, 0.717) is 12.4 Å². The van der Waals surface area contributed by atoms with E-state index in [1.165, 1.54) is 12.1 Å². The van der Waals surface area contributed by atoms with Crippen molar-refractivity contribution in [1.82, 2.24) is 0 Å². The smallest absolute Gasteiger partial charge is 0.241 e. The number of aromatic hydroxyl groups is 1. The molecule has 4 nitrogen and oxygen atoms in total. The Morgan fingerprint density at radius 2 is 1.95 bits per heavy atom. The largest absolute Gasteiger partial charge is 0.504 e. The number of rotatable bonds is 5. The average Bonchev–Trinajstić information content (AvgIpc) is 2.46. The molecule has 0 aliphatic heterocycles. The summed E-state index contributed by atoms with van der Waals surface area (Å²) in [5, 5.41) is 9.75. The third-order valence-corrected chi connectivity index (χ3v) is 2.66. The highest BCUT2D eigenvalue weighted by atomic mass is 16.5. The molecule has 2 aromatic rings. The zero-order chi connectivity index (χ0) is 14.4. The van der Waals surface area contributed by atoms with Crippen LogP contribution in [0.4, 0.5) is 0 Å². The van der Waals surface area contributed by atoms with Crippen LogP contribution in [0.15, 0.2) is 54.6 Å². The lowest BCUT2D eigenvalue weighted by atomic mass is 10.2. The lowest BCUT2D eigenvalue weighted by Gasteiger charge is -2.09. The molecule has 0 aromatic heterocycles. The second kappa shape index (κ2) is 6.43. The molecule has 0 atom stereocenters. The van der Waals surface area contributed by atoms with Gasteiger partial charge in [0.25, 0.3) is 0 Å². The molecule has 2 rings (SSSR count). The van der Waals surface area contributed by atoms with Crippen molar-refractivity contribution in [1.29, 1.82) is 0 Å². The van der Waals surface area contributed by atoms with Crippen molar-refractivity contribution >= 4 is 12.0 Å². The number of ether oxygens (including phenoxy) is 1. The van der Waals surface area contributed by atoms with Crippen molar-refractivity contribution in [2.75, 3.05) is 0 Å². The van der Waals surface area contributed by atoms with E-state index < -0.39 is 5.91 Å². The number of phenols is 1. The van der Waals surface area contributed by atoms with Gasteiger partial charge in [0.15, 0.2) is 11.5 Å². The van der Waals surface area contributed by atoms with Crippen molar-refractivity contribution in [2.45, 2.75) is 6.61 Å². The number of hydrogen-bond donors (Lipinski definition) is 2. The zero-order valence-corrected chi connectivity index (χ0v) is 10.8. The second-order valence-electron chi connectivity index (χ2n) is 4.24. The molecule has 20 heavy (non-hydrogen) atoms. The number of carbonyl (C=O) groups excluding carboxylic acids is 1. The van der Waals surface area contributed by atoms with Gasteiger partial charge in [0, 0.05) is 6.08 Å². The van der Waals surface area contributed by atoms with E-state index in [4.69, 9.17) is 10.5 Å². The van der Waals surface area contributed by atoms with Crippen LogP contribution in [0.25, 0.3) is 6.08 Å². The Hall–Kier alpha value is -2.75. The molecule has 102 valence electrons. The fourth-order valence-corrected chi connectivity index (χ4v) is 1.66. The van der Waals surface area contributed by atoms with Crippen LogP contribution in [0.1, 0.15) is 11.1 Å². The number of amides is 1. The first-order valence-electron chi connectivity index (χ1n) is 6.12. The lowest BCUT2D eigenvalue weighted by Crippen LogP contribution is -2.05. The van der Waals surface area contributed by atoms with Crippen LogP contribution in [-0.2, 0) is 11.4 Å². The molecule has 0 saturated carbocycles. The molecule has 2 aromatic carbocycles. The molecule has 0 bridgehead atoms. The third kappa shape index (κ3) is 3.88. The second-order valence-corrected chi connectivity index (χ2v) is 4.24. The monoisotopic (exact) mass is 269 g/mol. The number of primary amides is 1. The first-order valence-corrected chi connectivity index (χ1v) is 6.12. The van der Waals surface area contributed by atoms with E-state index in [2.05, 4.69) is 0 Å². The molecule has 0 fully saturated rings. The van der Waals surface area contributed by atoms with Gasteiger partial charge in [0.05, 0.1) is 0 Å². The van der Waals surface area contributed by atoms with Crippen LogP contribution in [0, 0.1) is 0 Å². The van der Waals surface area contributed by atoms with Gasteiger partial charge in [-0.2, -0.15) is 0 Å². The maximum Gasteiger partial charge on any atom is 0.241 e. The number of phenolic OH excluding ortho intramolecular Hbond substituents is 1. The summed E-state index contributed by atoms with van der Waals surface area (Å²) >= 11 is 0. The van der Waals surface area contributed by atoms with Crippen LogP contribution in [0.3, 0.4) is 0 Å². The standard InChI is InChI=1S/C16H15NO3/c17-16(19)9-7-12-6-8-14(18)15(10-12)20-11-13-4-2-1-3-5-13/h1-10,18H,11H2,(H2,17,19). The summed E-state index contributed by atoms with van der Waals surface area (Å²) in [6.45, 7) is 0.359. The lowest BCUT2D eigenvalue weighted by molar-refractivity contribution is -0.113. The molecule has 0 radical (unpaired) electrons. The Bertz CT molecular complexity index is 621. The highest BCUT2D eigenvalue weighted by Gasteiger charge is 2.03. The van der Waals surface area contributed by atoms with Gasteiger partial charge in [-0.05, 0) is 29.3 Å². The summed E-state index contributed by atoms with van der Waals surface area (Å²) in [5.74, 6) is -0.109. The van der Waals surface area contributed by atoms with Gasteiger partial charge in [-0.3, -0.25) is 4.79 Å². The minimum atomic E-state index is -0.523. The maximum absolute atomic E-state index is 10.7. The Morgan fingerprint density at radius 3 is 2.65 bits per heavy atom. The number of hydrogen-bond acceptors (Lipinski definition) is 3. The highest BCUT2D eigenvalue weighted by molar-refractivity contribution is 5.90. The Kier molecular flexibility index (Phi) is 4.39. The molecule has 0 unspecified atom stereocenters. The van der Waals surface area contributed by atoms with Gasteiger partial charge >= 0.3 is 0 Å². The SMILES string of the molecule is NC(=O)C=Cc1ccc(O)c(OCc2ccccc2)c1. The summed E-state index contributed by atoms with van der Waals surface area (Å²) in [6.07, 6.45) is 2.82. The first-order chi connectivity index (χ1) is 9.65. The zero-order valence-electron chi connectivity index (χ0n) is 10.8. The minimum absolute atomic E-state index is 0.0529. The molecular formula is C16H15NO3. The number of carbonyl (C=O) groups is 1. The van der Waals surface area contributed by atoms with E-state index in [1.807, 2.05) is 30.3 Å². The van der Waals surface area contributed by atoms with E-state index in [-0.39, 0.29) is 5.75 Å². The molecule has 3 N–H and O–H groups in total. The van der Waals surface area contributed by atoms with Crippen molar-refractivity contribution < 1.29 is 14.6 Å². The van der Waals surface area contributed by atoms with E-state index >= 15 is 0 Å². The summed E-state index contributed by atoms with van der Waals surface area (Å²) < 4.78 is 5.57. The fraction of sp³-hybridized carbons (Fsp3) is 0.0625. The van der Waals surface area contributed by atoms with Crippen molar-refractivity contribution in [3.8, 4) is 11.5 Å². The molecular weight excluding hydrogens is 254 g/mol. The van der Waals surface area contributed by atoms with Crippen molar-refractivity contribution in [2.24, 2.45) is 5.73 Å². The van der Waals surface area contributed by atoms with E-state index in [0.717, 1.165) is 11.1 Å². The highest BCUT2D eigenvalue weighted by Crippen LogP contribution is 2.28. The van der Waals surface area contributed by atoms with Crippen LogP contribution in [0.2, 0.25) is 0 Å². The molecule has 0 spiro atoms. The minimum Gasteiger partial charge on any atom is -0.504 e. The quantitative estimate of drug-likeness (QED) is 0.819. The molecule has 0 aliphatic rings. The van der Waals surface area contributed by atoms with Crippen LogP contribution in [0.5, 0.6) is 11.5 Å². The van der Waals surface area contributed by atoms with E-state index in [1.54, 1.807) is 18.2 Å². The third-order valence-electron chi connectivity index (χ3n) is 2.66. The normalized spacial score (nSPS) is 10.6. The summed E-state index contributed by atoms with van der Waals surface area (Å²) in [7, 11) is 0. The van der Waals surface area contributed by atoms with Gasteiger partial charge in [0.2, 0.25) is 5.91 Å². The molecule has 1 amide bonds. The van der Waals surface area contributed by atoms with Gasteiger partial charge in [-0.25, -0.2) is 0 Å². The van der Waals surface area contributed by atoms with Gasteiger partial charge in [-0.1, -0.05) is 36.4 Å². The average molecular weight is 269 g/mol. The van der Waals surface area contributed by atoms with Crippen LogP contribution < -0.4 is 10.5 Å². The van der Waals surface area contributed by atoms with Crippen molar-refractivity contribution in [3.05, 3.63) is 65.7 Å². The van der Waals surface area contributed by atoms with Crippen molar-refractivity contribution in [3.63, 3.8) is 0 Å². The topological polar surface area (TPSA) is 72.6 Å². The predicted octanol–water partition coefficient (Wildman–Crippen LogP) is 2.47. The molecule has 4 heteroatoms. The van der Waals surface area contributed by atoms with E-state index in [9.17, 15) is 9.90 Å². The summed E-state index contributed by atoms with van der Waals surface area (Å²) in [4.78, 5) is 10.7. The maximum atomic E-state index is 10.7. The first kappa shape index (κ1) is 13.7. The number of nitrogens with two attached hydrogens (primary N) is 1. The molecule has 0 aliphatic carbocycles. The van der Waals surface area contributed by atoms with Gasteiger partial charge in [-0.15, -0.1) is 0 Å². The van der Waals surface area contributed by atoms with Crippen LogP contribution in [-0.4, -0.2) is 11.0 Å². The predicted molar refractivity (Wildman–Crippen MR) is 77.1 cm³/mol. The molecule has 0 heterocycles.